The number of carbonyl (C=O) groups is 2. The van der Waals surface area contributed by atoms with Gasteiger partial charge in [-0.05, 0) is 18.6 Å². The van der Waals surface area contributed by atoms with E-state index < -0.39 is 6.04 Å². The van der Waals surface area contributed by atoms with E-state index >= 15 is 0 Å². The van der Waals surface area contributed by atoms with Crippen LogP contribution >= 0.6 is 23.1 Å². The van der Waals surface area contributed by atoms with Gasteiger partial charge in [0.2, 0.25) is 5.91 Å². The van der Waals surface area contributed by atoms with E-state index in [2.05, 4.69) is 10.3 Å². The number of amides is 2. The molecule has 0 spiro atoms. The van der Waals surface area contributed by atoms with E-state index in [1.807, 2.05) is 66.9 Å². The molecule has 0 saturated carbocycles. The van der Waals surface area contributed by atoms with E-state index in [0.29, 0.717) is 23.7 Å². The summed E-state index contributed by atoms with van der Waals surface area (Å²) >= 11 is 3.16. The van der Waals surface area contributed by atoms with Crippen molar-refractivity contribution in [3.63, 3.8) is 0 Å². The van der Waals surface area contributed by atoms with Gasteiger partial charge in [-0.3, -0.25) is 9.59 Å². The van der Waals surface area contributed by atoms with Gasteiger partial charge in [0.25, 0.3) is 5.91 Å². The van der Waals surface area contributed by atoms with Crippen molar-refractivity contribution in [3.05, 3.63) is 76.8 Å². The first kappa shape index (κ1) is 19.7. The summed E-state index contributed by atoms with van der Waals surface area (Å²) in [5.41, 5.74) is 3.46. The monoisotopic (exact) mass is 423 g/mol. The molecule has 2 aromatic carbocycles. The van der Waals surface area contributed by atoms with Crippen LogP contribution in [0.15, 0.2) is 60.0 Å². The molecule has 0 radical (unpaired) electrons. The minimum absolute atomic E-state index is 0.0896. The van der Waals surface area contributed by atoms with Gasteiger partial charge in [0.15, 0.2) is 0 Å². The van der Waals surface area contributed by atoms with E-state index in [0.717, 1.165) is 21.8 Å². The summed E-state index contributed by atoms with van der Waals surface area (Å²) in [4.78, 5) is 32.0. The topological polar surface area (TPSA) is 62.3 Å². The Kier molecular flexibility index (Phi) is 5.97. The van der Waals surface area contributed by atoms with Gasteiger partial charge in [-0.15, -0.1) is 23.1 Å². The molecule has 1 aromatic heterocycles. The number of carbonyl (C=O) groups excluding carboxylic acids is 2. The van der Waals surface area contributed by atoms with E-state index in [1.165, 1.54) is 0 Å². The molecule has 3 aromatic rings. The van der Waals surface area contributed by atoms with Crippen LogP contribution in [0.2, 0.25) is 0 Å². The van der Waals surface area contributed by atoms with E-state index in [-0.39, 0.29) is 11.8 Å². The first-order valence-electron chi connectivity index (χ1n) is 9.35. The van der Waals surface area contributed by atoms with Gasteiger partial charge >= 0.3 is 0 Å². The molecule has 29 heavy (non-hydrogen) atoms. The molecule has 7 heteroatoms. The number of hydrogen-bond acceptors (Lipinski definition) is 5. The zero-order chi connectivity index (χ0) is 20.2. The van der Waals surface area contributed by atoms with Crippen molar-refractivity contribution in [2.24, 2.45) is 0 Å². The summed E-state index contributed by atoms with van der Waals surface area (Å²) < 4.78 is 0. The average Bonchev–Trinajstić information content (AvgIpc) is 3.42. The van der Waals surface area contributed by atoms with Crippen molar-refractivity contribution in [1.29, 1.82) is 0 Å². The number of rotatable bonds is 5. The Balaban J connectivity index is 1.40. The number of thiazole rings is 1. The van der Waals surface area contributed by atoms with Crippen molar-refractivity contribution < 1.29 is 9.59 Å². The molecule has 2 amide bonds. The molecule has 4 rings (SSSR count). The highest BCUT2D eigenvalue weighted by molar-refractivity contribution is 7.99. The fourth-order valence-electron chi connectivity index (χ4n) is 3.22. The molecule has 2 heterocycles. The minimum atomic E-state index is -0.459. The number of aromatic nitrogens is 1. The summed E-state index contributed by atoms with van der Waals surface area (Å²) in [5, 5.41) is 5.85. The third-order valence-corrected chi connectivity index (χ3v) is 6.79. The molecule has 0 bridgehead atoms. The summed E-state index contributed by atoms with van der Waals surface area (Å²) in [7, 11) is 0. The van der Waals surface area contributed by atoms with Gasteiger partial charge in [-0.1, -0.05) is 48.5 Å². The van der Waals surface area contributed by atoms with Gasteiger partial charge in [0.1, 0.15) is 11.0 Å². The Bertz CT molecular complexity index is 1020. The van der Waals surface area contributed by atoms with Gasteiger partial charge in [0, 0.05) is 22.3 Å². The van der Waals surface area contributed by atoms with Crippen molar-refractivity contribution in [1.82, 2.24) is 15.2 Å². The molecule has 0 unspecified atom stereocenters. The Hall–Kier alpha value is -2.64. The summed E-state index contributed by atoms with van der Waals surface area (Å²) in [6.07, 6.45) is 0. The third kappa shape index (κ3) is 4.36. The molecule has 0 aliphatic carbocycles. The summed E-state index contributed by atoms with van der Waals surface area (Å²) in [6, 6.07) is 17.0. The summed E-state index contributed by atoms with van der Waals surface area (Å²) in [5.74, 6) is 0.912. The Morgan fingerprint density at radius 2 is 1.90 bits per heavy atom. The van der Waals surface area contributed by atoms with Crippen molar-refractivity contribution >= 4 is 34.9 Å². The number of nitrogens with one attached hydrogen (secondary N) is 1. The van der Waals surface area contributed by atoms with Crippen LogP contribution in [0.5, 0.6) is 0 Å². The van der Waals surface area contributed by atoms with Crippen molar-refractivity contribution in [2.75, 3.05) is 11.6 Å². The zero-order valence-electron chi connectivity index (χ0n) is 16.0. The highest BCUT2D eigenvalue weighted by atomic mass is 32.2. The first-order valence-corrected chi connectivity index (χ1v) is 11.4. The highest BCUT2D eigenvalue weighted by Gasteiger charge is 2.35. The molecule has 1 aliphatic heterocycles. The molecule has 1 aliphatic rings. The van der Waals surface area contributed by atoms with Gasteiger partial charge in [0.05, 0.1) is 18.1 Å². The van der Waals surface area contributed by atoms with Crippen LogP contribution in [0.1, 0.15) is 21.6 Å². The zero-order valence-corrected chi connectivity index (χ0v) is 17.6. The van der Waals surface area contributed by atoms with E-state index in [1.54, 1.807) is 28.0 Å². The molecular formula is C22H21N3O2S2. The van der Waals surface area contributed by atoms with Crippen LogP contribution in [0.3, 0.4) is 0 Å². The van der Waals surface area contributed by atoms with Crippen LogP contribution < -0.4 is 5.32 Å². The Labute approximate surface area is 178 Å². The quantitative estimate of drug-likeness (QED) is 0.675. The molecule has 5 nitrogen and oxygen atoms in total. The predicted octanol–water partition coefficient (Wildman–Crippen LogP) is 3.95. The van der Waals surface area contributed by atoms with Gasteiger partial charge < -0.3 is 10.2 Å². The summed E-state index contributed by atoms with van der Waals surface area (Å²) in [6.45, 7) is 2.27. The van der Waals surface area contributed by atoms with E-state index in [9.17, 15) is 9.59 Å². The van der Waals surface area contributed by atoms with Crippen LogP contribution in [0.4, 0.5) is 0 Å². The number of thioether (sulfide) groups is 1. The predicted molar refractivity (Wildman–Crippen MR) is 118 cm³/mol. The molecule has 1 N–H and O–H groups in total. The lowest BCUT2D eigenvalue weighted by Crippen LogP contribution is -2.47. The lowest BCUT2D eigenvalue weighted by molar-refractivity contribution is -0.124. The highest BCUT2D eigenvalue weighted by Crippen LogP contribution is 2.25. The second-order valence-electron chi connectivity index (χ2n) is 6.83. The number of nitrogens with zero attached hydrogens (tertiary/aromatic N) is 2. The van der Waals surface area contributed by atoms with Gasteiger partial charge in [-0.2, -0.15) is 0 Å². The molecular weight excluding hydrogens is 402 g/mol. The second-order valence-corrected chi connectivity index (χ2v) is 8.69. The Morgan fingerprint density at radius 3 is 2.69 bits per heavy atom. The van der Waals surface area contributed by atoms with Crippen LogP contribution in [0, 0.1) is 6.92 Å². The number of benzene rings is 2. The SMILES string of the molecule is Cc1ccccc1C(=O)N1CSC[C@@H]1C(=O)NCc1csc(-c2ccccc2)n1. The lowest BCUT2D eigenvalue weighted by Gasteiger charge is -2.23. The number of aryl methyl sites for hydroxylation is 1. The number of hydrogen-bond donors (Lipinski definition) is 1. The van der Waals surface area contributed by atoms with Crippen LogP contribution in [-0.4, -0.2) is 39.4 Å². The van der Waals surface area contributed by atoms with Crippen molar-refractivity contribution in [3.8, 4) is 10.6 Å². The smallest absolute Gasteiger partial charge is 0.255 e. The maximum absolute atomic E-state index is 12.9. The first-order chi connectivity index (χ1) is 14.1. The van der Waals surface area contributed by atoms with Crippen LogP contribution in [0.25, 0.3) is 10.6 Å². The maximum atomic E-state index is 12.9. The average molecular weight is 424 g/mol. The largest absolute Gasteiger partial charge is 0.349 e. The fraction of sp³-hybridized carbons (Fsp3) is 0.227. The molecule has 1 fully saturated rings. The fourth-order valence-corrected chi connectivity index (χ4v) is 5.20. The van der Waals surface area contributed by atoms with Gasteiger partial charge in [-0.25, -0.2) is 4.98 Å². The normalized spacial score (nSPS) is 16.0. The van der Waals surface area contributed by atoms with Crippen molar-refractivity contribution in [2.45, 2.75) is 19.5 Å². The Morgan fingerprint density at radius 1 is 1.14 bits per heavy atom. The second kappa shape index (κ2) is 8.80. The minimum Gasteiger partial charge on any atom is -0.349 e. The van der Waals surface area contributed by atoms with Crippen LogP contribution in [-0.2, 0) is 11.3 Å². The lowest BCUT2D eigenvalue weighted by atomic mass is 10.1. The van der Waals surface area contributed by atoms with E-state index in [4.69, 9.17) is 0 Å². The molecule has 148 valence electrons. The standard InChI is InChI=1S/C22H21N3O2S2/c1-15-7-5-6-10-18(15)22(27)25-14-28-13-19(25)20(26)23-11-17-12-29-21(24-17)16-8-3-2-4-9-16/h2-10,12,19H,11,13-14H2,1H3,(H,23,26)/t19-/m1/s1. The third-order valence-electron chi connectivity index (χ3n) is 4.84. The maximum Gasteiger partial charge on any atom is 0.255 e. The molecule has 1 saturated heterocycles. The molecule has 1 atom stereocenters.